The molecule has 0 aliphatic heterocycles. The van der Waals surface area contributed by atoms with Gasteiger partial charge >= 0.3 is 0 Å². The van der Waals surface area contributed by atoms with E-state index in [1.165, 1.54) is 11.3 Å². The Morgan fingerprint density at radius 1 is 1.04 bits per heavy atom. The summed E-state index contributed by atoms with van der Waals surface area (Å²) in [5.41, 5.74) is 2.02. The van der Waals surface area contributed by atoms with E-state index in [4.69, 9.17) is 4.74 Å². The number of anilines is 1. The Morgan fingerprint density at radius 3 is 2.54 bits per heavy atom. The number of rotatable bonds is 8. The second kappa shape index (κ2) is 9.66. The third kappa shape index (κ3) is 5.92. The van der Waals surface area contributed by atoms with Gasteiger partial charge in [-0.15, -0.1) is 11.3 Å². The van der Waals surface area contributed by atoms with Gasteiger partial charge in [-0.3, -0.25) is 9.59 Å². The molecule has 1 heterocycles. The zero-order chi connectivity index (χ0) is 19.8. The van der Waals surface area contributed by atoms with Crippen molar-refractivity contribution >= 4 is 28.3 Å². The quantitative estimate of drug-likeness (QED) is 0.597. The SMILES string of the molecule is Cc1ccc(Oc2ccccc2CNC(=O)CCC(=O)Nc2nccs2)cc1. The zero-order valence-electron chi connectivity index (χ0n) is 15.5. The van der Waals surface area contributed by atoms with E-state index in [0.29, 0.717) is 17.4 Å². The molecule has 6 nitrogen and oxygen atoms in total. The molecule has 3 aromatic rings. The number of amides is 2. The Kier molecular flexibility index (Phi) is 6.75. The van der Waals surface area contributed by atoms with Crippen LogP contribution in [-0.4, -0.2) is 16.8 Å². The number of nitrogens with zero attached hydrogens (tertiary/aromatic N) is 1. The minimum atomic E-state index is -0.229. The standard InChI is InChI=1S/C21H21N3O3S/c1-15-6-8-17(9-7-15)27-18-5-3-2-4-16(18)14-23-19(25)10-11-20(26)24-21-22-12-13-28-21/h2-9,12-13H,10-11,14H2,1H3,(H,23,25)(H,22,24,26). The van der Waals surface area contributed by atoms with Crippen LogP contribution >= 0.6 is 11.3 Å². The Bertz CT molecular complexity index is 924. The molecular formula is C21H21N3O3S. The molecule has 0 fully saturated rings. The summed E-state index contributed by atoms with van der Waals surface area (Å²) in [5.74, 6) is 1.00. The smallest absolute Gasteiger partial charge is 0.226 e. The highest BCUT2D eigenvalue weighted by Crippen LogP contribution is 2.25. The lowest BCUT2D eigenvalue weighted by atomic mass is 10.2. The third-order valence-corrected chi connectivity index (χ3v) is 4.64. The third-order valence-electron chi connectivity index (χ3n) is 3.96. The summed E-state index contributed by atoms with van der Waals surface area (Å²) >= 11 is 1.34. The predicted octanol–water partition coefficient (Wildman–Crippen LogP) is 4.28. The largest absolute Gasteiger partial charge is 0.457 e. The molecule has 3 rings (SSSR count). The zero-order valence-corrected chi connectivity index (χ0v) is 16.3. The summed E-state index contributed by atoms with van der Waals surface area (Å²) in [4.78, 5) is 27.9. The number of para-hydroxylation sites is 1. The first-order valence-corrected chi connectivity index (χ1v) is 9.76. The topological polar surface area (TPSA) is 80.3 Å². The van der Waals surface area contributed by atoms with Gasteiger partial charge in [0.1, 0.15) is 11.5 Å². The first kappa shape index (κ1) is 19.6. The predicted molar refractivity (Wildman–Crippen MR) is 110 cm³/mol. The van der Waals surface area contributed by atoms with Crippen LogP contribution in [0.25, 0.3) is 0 Å². The number of ether oxygens (including phenoxy) is 1. The molecule has 0 bridgehead atoms. The molecule has 0 saturated heterocycles. The van der Waals surface area contributed by atoms with Gasteiger partial charge in [-0.05, 0) is 25.1 Å². The highest BCUT2D eigenvalue weighted by atomic mass is 32.1. The minimum absolute atomic E-state index is 0.104. The fourth-order valence-electron chi connectivity index (χ4n) is 2.46. The van der Waals surface area contributed by atoms with E-state index in [0.717, 1.165) is 16.9 Å². The fourth-order valence-corrected chi connectivity index (χ4v) is 3.00. The van der Waals surface area contributed by atoms with Crippen LogP contribution < -0.4 is 15.4 Å². The molecule has 144 valence electrons. The molecule has 0 spiro atoms. The molecule has 0 aliphatic carbocycles. The number of carbonyl (C=O) groups excluding carboxylic acids is 2. The van der Waals surface area contributed by atoms with Crippen molar-refractivity contribution in [2.45, 2.75) is 26.3 Å². The normalized spacial score (nSPS) is 10.3. The Balaban J connectivity index is 1.49. The maximum atomic E-state index is 12.1. The lowest BCUT2D eigenvalue weighted by Gasteiger charge is -2.12. The van der Waals surface area contributed by atoms with E-state index in [1.54, 1.807) is 11.6 Å². The van der Waals surface area contributed by atoms with E-state index in [-0.39, 0.29) is 24.7 Å². The van der Waals surface area contributed by atoms with Crippen LogP contribution in [0.2, 0.25) is 0 Å². The van der Waals surface area contributed by atoms with E-state index < -0.39 is 0 Å². The molecule has 0 atom stereocenters. The number of hydrogen-bond donors (Lipinski definition) is 2. The van der Waals surface area contributed by atoms with Gasteiger partial charge in [0, 0.05) is 36.5 Å². The molecule has 0 saturated carbocycles. The van der Waals surface area contributed by atoms with Crippen molar-refractivity contribution in [2.24, 2.45) is 0 Å². The molecule has 0 aliphatic rings. The van der Waals surface area contributed by atoms with Crippen LogP contribution in [0.5, 0.6) is 11.5 Å². The van der Waals surface area contributed by atoms with Crippen molar-refractivity contribution in [1.82, 2.24) is 10.3 Å². The molecule has 28 heavy (non-hydrogen) atoms. The fraction of sp³-hybridized carbons (Fsp3) is 0.190. The summed E-state index contributed by atoms with van der Waals surface area (Å²) in [5, 5.41) is 7.81. The number of aryl methyl sites for hydroxylation is 1. The summed E-state index contributed by atoms with van der Waals surface area (Å²) in [6, 6.07) is 15.3. The van der Waals surface area contributed by atoms with Gasteiger partial charge in [0.2, 0.25) is 11.8 Å². The Hall–Kier alpha value is -3.19. The van der Waals surface area contributed by atoms with Gasteiger partial charge in [0.15, 0.2) is 5.13 Å². The van der Waals surface area contributed by atoms with E-state index in [1.807, 2.05) is 55.5 Å². The monoisotopic (exact) mass is 395 g/mol. The average molecular weight is 395 g/mol. The maximum absolute atomic E-state index is 12.1. The van der Waals surface area contributed by atoms with Gasteiger partial charge in [0.05, 0.1) is 0 Å². The Labute approximate surface area is 167 Å². The van der Waals surface area contributed by atoms with Crippen molar-refractivity contribution in [3.63, 3.8) is 0 Å². The minimum Gasteiger partial charge on any atom is -0.457 e. The second-order valence-corrected chi connectivity index (χ2v) is 7.08. The van der Waals surface area contributed by atoms with Crippen molar-refractivity contribution in [2.75, 3.05) is 5.32 Å². The highest BCUT2D eigenvalue weighted by Gasteiger charge is 2.10. The first-order chi connectivity index (χ1) is 13.6. The average Bonchev–Trinajstić information content (AvgIpc) is 3.20. The molecule has 2 amide bonds. The second-order valence-electron chi connectivity index (χ2n) is 6.19. The lowest BCUT2D eigenvalue weighted by Crippen LogP contribution is -2.24. The van der Waals surface area contributed by atoms with Crippen molar-refractivity contribution in [3.05, 3.63) is 71.2 Å². The van der Waals surface area contributed by atoms with Gasteiger partial charge < -0.3 is 15.4 Å². The molecule has 0 unspecified atom stereocenters. The molecule has 0 radical (unpaired) electrons. The number of benzene rings is 2. The number of hydrogen-bond acceptors (Lipinski definition) is 5. The molecule has 2 N–H and O–H groups in total. The first-order valence-electron chi connectivity index (χ1n) is 8.88. The molecular weight excluding hydrogens is 374 g/mol. The summed E-state index contributed by atoms with van der Waals surface area (Å²) in [6.45, 7) is 2.35. The summed E-state index contributed by atoms with van der Waals surface area (Å²) in [7, 11) is 0. The van der Waals surface area contributed by atoms with E-state index in [2.05, 4.69) is 15.6 Å². The maximum Gasteiger partial charge on any atom is 0.226 e. The lowest BCUT2D eigenvalue weighted by molar-refractivity contribution is -0.124. The van der Waals surface area contributed by atoms with Crippen molar-refractivity contribution < 1.29 is 14.3 Å². The van der Waals surface area contributed by atoms with Gasteiger partial charge in [0.25, 0.3) is 0 Å². The summed E-state index contributed by atoms with van der Waals surface area (Å²) in [6.07, 6.45) is 1.83. The van der Waals surface area contributed by atoms with Crippen molar-refractivity contribution in [1.29, 1.82) is 0 Å². The van der Waals surface area contributed by atoms with Crippen LogP contribution in [-0.2, 0) is 16.1 Å². The molecule has 2 aromatic carbocycles. The summed E-state index contributed by atoms with van der Waals surface area (Å²) < 4.78 is 5.93. The van der Waals surface area contributed by atoms with Crippen LogP contribution in [0.3, 0.4) is 0 Å². The number of aromatic nitrogens is 1. The van der Waals surface area contributed by atoms with Gasteiger partial charge in [-0.25, -0.2) is 4.98 Å². The van der Waals surface area contributed by atoms with Crippen LogP contribution in [0.1, 0.15) is 24.0 Å². The number of thiazole rings is 1. The Morgan fingerprint density at radius 2 is 1.79 bits per heavy atom. The van der Waals surface area contributed by atoms with Gasteiger partial charge in [-0.2, -0.15) is 0 Å². The highest BCUT2D eigenvalue weighted by molar-refractivity contribution is 7.13. The van der Waals surface area contributed by atoms with Crippen LogP contribution in [0.4, 0.5) is 5.13 Å². The van der Waals surface area contributed by atoms with E-state index in [9.17, 15) is 9.59 Å². The van der Waals surface area contributed by atoms with Crippen LogP contribution in [0, 0.1) is 6.92 Å². The number of nitrogens with one attached hydrogen (secondary N) is 2. The van der Waals surface area contributed by atoms with E-state index >= 15 is 0 Å². The van der Waals surface area contributed by atoms with Crippen molar-refractivity contribution in [3.8, 4) is 11.5 Å². The molecule has 7 heteroatoms. The van der Waals surface area contributed by atoms with Gasteiger partial charge in [-0.1, -0.05) is 35.9 Å². The van der Waals surface area contributed by atoms with Crippen LogP contribution in [0.15, 0.2) is 60.1 Å². The molecule has 1 aromatic heterocycles. The number of carbonyl (C=O) groups is 2.